The van der Waals surface area contributed by atoms with Crippen LogP contribution in [0, 0.1) is 0 Å². The van der Waals surface area contributed by atoms with Crippen molar-refractivity contribution in [2.24, 2.45) is 0 Å². The van der Waals surface area contributed by atoms with Crippen molar-refractivity contribution in [3.63, 3.8) is 0 Å². The van der Waals surface area contributed by atoms with Crippen molar-refractivity contribution in [3.8, 4) is 0 Å². The van der Waals surface area contributed by atoms with Gasteiger partial charge in [-0.3, -0.25) is 0 Å². The first-order chi connectivity index (χ1) is 12.6. The van der Waals surface area contributed by atoms with Crippen LogP contribution in [0.25, 0.3) is 0 Å². The van der Waals surface area contributed by atoms with Gasteiger partial charge in [0, 0.05) is 0 Å². The van der Waals surface area contributed by atoms with E-state index in [2.05, 4.69) is 61.3 Å². The first-order valence-electron chi connectivity index (χ1n) is 11.3. The lowest BCUT2D eigenvalue weighted by Gasteiger charge is -2.05. The Bertz CT molecular complexity index is 326. The van der Waals surface area contributed by atoms with Gasteiger partial charge in [0.25, 0.3) is 0 Å². The standard InChI is InChI=1S/C10H16.C7H14.C6H14.2C2H6/c1-7(2)9(5)10(6)8(3)4;1-4-5-6-7(2)3;1-3-5-6-4-2;2*1-2/h1,3H2,2,4-6H3;2,4-6H2,1,3H3;3-6H2,1-2H3;2*1-2H3/b10-9-;;;;. The molecule has 27 heavy (non-hydrogen) atoms. The van der Waals surface area contributed by atoms with Crippen molar-refractivity contribution in [2.75, 3.05) is 0 Å². The van der Waals surface area contributed by atoms with Crippen molar-refractivity contribution in [3.05, 3.63) is 47.6 Å². The van der Waals surface area contributed by atoms with Crippen LogP contribution in [-0.2, 0) is 0 Å². The van der Waals surface area contributed by atoms with Gasteiger partial charge in [-0.25, -0.2) is 0 Å². The summed E-state index contributed by atoms with van der Waals surface area (Å²) in [5.41, 5.74) is 6.07. The summed E-state index contributed by atoms with van der Waals surface area (Å²) in [5.74, 6) is 0. The molecule has 0 radical (unpaired) electrons. The smallest absolute Gasteiger partial charge is 0.0326 e. The van der Waals surface area contributed by atoms with E-state index in [4.69, 9.17) is 0 Å². The molecule has 0 rings (SSSR count). The number of unbranched alkanes of at least 4 members (excludes halogenated alkanes) is 4. The Labute approximate surface area is 175 Å². The predicted molar refractivity (Wildman–Crippen MR) is 135 cm³/mol. The number of allylic oxidation sites excluding steroid dienone is 5. The number of rotatable bonds is 8. The van der Waals surface area contributed by atoms with Gasteiger partial charge in [0.2, 0.25) is 0 Å². The van der Waals surface area contributed by atoms with Crippen LogP contribution in [0.4, 0.5) is 0 Å². The Morgan fingerprint density at radius 3 is 0.889 bits per heavy atom. The van der Waals surface area contributed by atoms with Gasteiger partial charge in [-0.1, -0.05) is 110 Å². The fourth-order valence-corrected chi connectivity index (χ4v) is 1.62. The third-order valence-electron chi connectivity index (χ3n) is 3.76. The van der Waals surface area contributed by atoms with Crippen LogP contribution in [0.1, 0.15) is 128 Å². The summed E-state index contributed by atoms with van der Waals surface area (Å²) in [4.78, 5) is 0. The van der Waals surface area contributed by atoms with Crippen LogP contribution in [0.15, 0.2) is 47.6 Å². The van der Waals surface area contributed by atoms with Crippen molar-refractivity contribution in [1.82, 2.24) is 0 Å². The van der Waals surface area contributed by atoms with E-state index in [9.17, 15) is 0 Å². The molecular weight excluding hydrogens is 324 g/mol. The van der Waals surface area contributed by atoms with Crippen LogP contribution >= 0.6 is 0 Å². The molecule has 0 spiro atoms. The summed E-state index contributed by atoms with van der Waals surface area (Å²) in [6, 6.07) is 0. The first-order valence-corrected chi connectivity index (χ1v) is 11.3. The van der Waals surface area contributed by atoms with Crippen LogP contribution in [0.2, 0.25) is 0 Å². The quantitative estimate of drug-likeness (QED) is 0.223. The van der Waals surface area contributed by atoms with Gasteiger partial charge >= 0.3 is 0 Å². The van der Waals surface area contributed by atoms with Crippen molar-refractivity contribution in [1.29, 1.82) is 0 Å². The molecule has 0 fully saturated rings. The molecule has 164 valence electrons. The Balaban J connectivity index is -0.0000000842. The fourth-order valence-electron chi connectivity index (χ4n) is 1.62. The van der Waals surface area contributed by atoms with E-state index in [0.29, 0.717) is 0 Å². The molecular formula is C27H56. The van der Waals surface area contributed by atoms with Gasteiger partial charge in [-0.05, 0) is 58.6 Å². The Morgan fingerprint density at radius 1 is 0.519 bits per heavy atom. The minimum Gasteiger partial charge on any atom is -0.100 e. The highest BCUT2D eigenvalue weighted by Gasteiger charge is 1.96. The van der Waals surface area contributed by atoms with Crippen LogP contribution in [0.3, 0.4) is 0 Å². The summed E-state index contributed by atoms with van der Waals surface area (Å²) >= 11 is 0. The lowest BCUT2D eigenvalue weighted by atomic mass is 10.0. The Kier molecular flexibility index (Phi) is 44.5. The summed E-state index contributed by atoms with van der Waals surface area (Å²) in [5, 5.41) is 0. The fraction of sp³-hybridized carbons (Fsp3) is 0.704. The SMILES string of the molecule is C=C(C)/C(C)=C(/C)C(=C)C.C=C(C)CCCC.CC.CC.CCCCCC. The molecule has 0 amide bonds. The van der Waals surface area contributed by atoms with E-state index in [0.717, 1.165) is 11.1 Å². The molecule has 0 aliphatic carbocycles. The van der Waals surface area contributed by atoms with E-state index in [-0.39, 0.29) is 0 Å². The second-order valence-corrected chi connectivity index (χ2v) is 6.58. The van der Waals surface area contributed by atoms with E-state index in [1.807, 2.05) is 41.5 Å². The molecule has 0 bridgehead atoms. The molecule has 0 aromatic carbocycles. The van der Waals surface area contributed by atoms with Gasteiger partial charge < -0.3 is 0 Å². The van der Waals surface area contributed by atoms with Gasteiger partial charge in [0.05, 0.1) is 0 Å². The third kappa shape index (κ3) is 40.8. The summed E-state index contributed by atoms with van der Waals surface area (Å²) in [6.07, 6.45) is 9.33. The highest BCUT2D eigenvalue weighted by molar-refractivity contribution is 5.38. The highest BCUT2D eigenvalue weighted by Crippen LogP contribution is 2.16. The predicted octanol–water partition coefficient (Wildman–Crippen LogP) is 10.9. The lowest BCUT2D eigenvalue weighted by molar-refractivity contribution is 0.702. The van der Waals surface area contributed by atoms with E-state index < -0.39 is 0 Å². The second-order valence-electron chi connectivity index (χ2n) is 6.58. The minimum absolute atomic E-state index is 1.13. The molecule has 0 aliphatic rings. The summed E-state index contributed by atoms with van der Waals surface area (Å²) < 4.78 is 0. The van der Waals surface area contributed by atoms with Crippen LogP contribution in [0.5, 0.6) is 0 Å². The molecule has 0 heteroatoms. The second kappa shape index (κ2) is 32.6. The van der Waals surface area contributed by atoms with Crippen molar-refractivity contribution >= 4 is 0 Å². The van der Waals surface area contributed by atoms with E-state index in [1.54, 1.807) is 0 Å². The average molecular weight is 381 g/mol. The van der Waals surface area contributed by atoms with Gasteiger partial charge in [0.1, 0.15) is 0 Å². The molecule has 0 aromatic rings. The van der Waals surface area contributed by atoms with Crippen LogP contribution in [-0.4, -0.2) is 0 Å². The normalized spacial score (nSPS) is 9.33. The Hall–Kier alpha value is -1.04. The maximum absolute atomic E-state index is 3.86. The molecule has 0 saturated carbocycles. The van der Waals surface area contributed by atoms with Gasteiger partial charge in [-0.2, -0.15) is 0 Å². The van der Waals surface area contributed by atoms with Gasteiger partial charge in [0.15, 0.2) is 0 Å². The summed E-state index contributed by atoms with van der Waals surface area (Å²) in [7, 11) is 0. The number of hydrogen-bond donors (Lipinski definition) is 0. The van der Waals surface area contributed by atoms with Crippen molar-refractivity contribution < 1.29 is 0 Å². The largest absolute Gasteiger partial charge is 0.100 e. The molecule has 0 aliphatic heterocycles. The van der Waals surface area contributed by atoms with Crippen molar-refractivity contribution in [2.45, 2.75) is 128 Å². The monoisotopic (exact) mass is 380 g/mol. The third-order valence-corrected chi connectivity index (χ3v) is 3.76. The zero-order valence-corrected chi connectivity index (χ0v) is 21.6. The Morgan fingerprint density at radius 2 is 0.778 bits per heavy atom. The van der Waals surface area contributed by atoms with Crippen LogP contribution < -0.4 is 0 Å². The maximum atomic E-state index is 3.86. The topological polar surface area (TPSA) is 0 Å². The average Bonchev–Trinajstić information content (AvgIpc) is 2.67. The maximum Gasteiger partial charge on any atom is -0.0326 e. The number of hydrogen-bond acceptors (Lipinski definition) is 0. The van der Waals surface area contributed by atoms with E-state index >= 15 is 0 Å². The molecule has 0 unspecified atom stereocenters. The molecule has 0 aromatic heterocycles. The molecule has 0 atom stereocenters. The summed E-state index contributed by atoms with van der Waals surface area (Å²) in [6.45, 7) is 36.4. The highest BCUT2D eigenvalue weighted by atomic mass is 14.0. The lowest BCUT2D eigenvalue weighted by Crippen LogP contribution is -1.85. The zero-order valence-electron chi connectivity index (χ0n) is 21.6. The molecule has 0 heterocycles. The van der Waals surface area contributed by atoms with Gasteiger partial charge in [-0.15, -0.1) is 6.58 Å². The molecule has 0 saturated heterocycles. The van der Waals surface area contributed by atoms with E-state index in [1.165, 1.54) is 61.7 Å². The first kappa shape index (κ1) is 36.8. The molecule has 0 nitrogen and oxygen atoms in total. The zero-order chi connectivity index (χ0) is 22.8. The molecule has 0 N–H and O–H groups in total. The minimum atomic E-state index is 1.13.